The monoisotopic (exact) mass is 408 g/mol. The molecule has 30 heavy (non-hydrogen) atoms. The zero-order valence-corrected chi connectivity index (χ0v) is 17.3. The number of carbonyl (C=O) groups is 2. The molecule has 7 heteroatoms. The lowest BCUT2D eigenvalue weighted by Gasteiger charge is -2.33. The predicted octanol–water partition coefficient (Wildman–Crippen LogP) is 2.77. The number of para-hydroxylation sites is 1. The van der Waals surface area contributed by atoms with Crippen LogP contribution >= 0.6 is 0 Å². The molecule has 0 spiro atoms. The van der Waals surface area contributed by atoms with Crippen molar-refractivity contribution in [1.82, 2.24) is 15.4 Å². The Morgan fingerprint density at radius 1 is 1.10 bits per heavy atom. The van der Waals surface area contributed by atoms with E-state index in [-0.39, 0.29) is 13.0 Å². The second kappa shape index (κ2) is 9.00. The van der Waals surface area contributed by atoms with Gasteiger partial charge < -0.3 is 19.6 Å². The summed E-state index contributed by atoms with van der Waals surface area (Å²) in [5.74, 6) is -1.28. The number of nitrogens with zero attached hydrogens (tertiary/aromatic N) is 1. The Bertz CT molecular complexity index is 1010. The second-order valence-corrected chi connectivity index (χ2v) is 8.13. The lowest BCUT2D eigenvalue weighted by atomic mass is 10.0. The van der Waals surface area contributed by atoms with Gasteiger partial charge in [-0.05, 0) is 44.4 Å². The van der Waals surface area contributed by atoms with E-state index in [1.165, 1.54) is 5.01 Å². The number of ether oxygens (including phenoxy) is 1. The maximum atomic E-state index is 12.4. The van der Waals surface area contributed by atoms with Crippen LogP contribution in [0, 0.1) is 0 Å². The molecular weight excluding hydrogens is 382 g/mol. The van der Waals surface area contributed by atoms with E-state index in [0.717, 1.165) is 22.0 Å². The van der Waals surface area contributed by atoms with Gasteiger partial charge in [0.2, 0.25) is 0 Å². The predicted molar refractivity (Wildman–Crippen MR) is 112 cm³/mol. The Morgan fingerprint density at radius 3 is 2.43 bits per heavy atom. The fraction of sp³-hybridized carbons (Fsp3) is 0.304. The van der Waals surface area contributed by atoms with Crippen LogP contribution < -0.4 is 10.5 Å². The van der Waals surface area contributed by atoms with Crippen molar-refractivity contribution in [3.05, 3.63) is 71.9 Å². The van der Waals surface area contributed by atoms with Gasteiger partial charge in [0.15, 0.2) is 0 Å². The highest BCUT2D eigenvalue weighted by Gasteiger charge is 2.26. The molecule has 2 N–H and O–H groups in total. The van der Waals surface area contributed by atoms with Crippen molar-refractivity contribution in [3.8, 4) is 0 Å². The van der Waals surface area contributed by atoms with E-state index < -0.39 is 23.7 Å². The summed E-state index contributed by atoms with van der Waals surface area (Å²) in [4.78, 5) is 27.7. The van der Waals surface area contributed by atoms with Crippen LogP contribution in [0.25, 0.3) is 10.9 Å². The molecule has 0 saturated carbocycles. The van der Waals surface area contributed by atoms with Gasteiger partial charge in [0.25, 0.3) is 0 Å². The Kier molecular flexibility index (Phi) is 6.42. The molecule has 0 aliphatic rings. The number of aliphatic carboxylic acids is 1. The lowest BCUT2D eigenvalue weighted by Crippen LogP contribution is -2.56. The summed E-state index contributed by atoms with van der Waals surface area (Å²) in [6.45, 7) is 5.42. The molecule has 2 aromatic carbocycles. The van der Waals surface area contributed by atoms with Crippen molar-refractivity contribution in [2.45, 2.75) is 45.4 Å². The molecule has 0 fully saturated rings. The van der Waals surface area contributed by atoms with Gasteiger partial charge in [0.1, 0.15) is 5.60 Å². The summed E-state index contributed by atoms with van der Waals surface area (Å²) in [5.41, 5.74) is 4.48. The van der Waals surface area contributed by atoms with Gasteiger partial charge in [0, 0.05) is 23.6 Å². The van der Waals surface area contributed by atoms with Gasteiger partial charge in [0.05, 0.1) is 12.0 Å². The molecule has 0 bridgehead atoms. The SMILES string of the molecule is CC(C)(C)OC(=O)NN(Cc1ccccc1)[C@@H](Cc1c[nH]c2ccccc12)C(=O)[O-]. The summed E-state index contributed by atoms with van der Waals surface area (Å²) >= 11 is 0. The third-order valence-corrected chi connectivity index (χ3v) is 4.57. The molecule has 0 saturated heterocycles. The summed E-state index contributed by atoms with van der Waals surface area (Å²) in [7, 11) is 0. The van der Waals surface area contributed by atoms with Gasteiger partial charge >= 0.3 is 6.09 Å². The zero-order chi connectivity index (χ0) is 21.7. The number of carboxylic acids is 1. The first kappa shape index (κ1) is 21.4. The number of aromatic nitrogens is 1. The molecule has 1 aromatic heterocycles. The van der Waals surface area contributed by atoms with E-state index in [1.807, 2.05) is 54.6 Å². The fourth-order valence-electron chi connectivity index (χ4n) is 3.26. The standard InChI is InChI=1S/C23H27N3O4/c1-23(2,3)30-22(29)25-26(15-16-9-5-4-6-10-16)20(21(27)28)13-17-14-24-19-12-8-7-11-18(17)19/h4-12,14,20,24H,13,15H2,1-3H3,(H,25,29)(H,27,28)/p-1/t20-/m0/s1. The van der Waals surface area contributed by atoms with Crippen LogP contribution in [0.5, 0.6) is 0 Å². The van der Waals surface area contributed by atoms with Crippen LogP contribution in [0.4, 0.5) is 4.79 Å². The summed E-state index contributed by atoms with van der Waals surface area (Å²) in [6, 6.07) is 15.9. The zero-order valence-electron chi connectivity index (χ0n) is 17.3. The molecule has 158 valence electrons. The van der Waals surface area contributed by atoms with Gasteiger partial charge in [-0.2, -0.15) is 0 Å². The van der Waals surface area contributed by atoms with Crippen molar-refractivity contribution < 1.29 is 19.4 Å². The Morgan fingerprint density at radius 2 is 1.77 bits per heavy atom. The molecule has 1 amide bonds. The maximum absolute atomic E-state index is 12.4. The largest absolute Gasteiger partial charge is 0.548 e. The molecular formula is C23H26N3O4-. The van der Waals surface area contributed by atoms with Crippen LogP contribution in [0.2, 0.25) is 0 Å². The number of H-pyrrole nitrogens is 1. The van der Waals surface area contributed by atoms with Crippen LogP contribution in [0.15, 0.2) is 60.8 Å². The van der Waals surface area contributed by atoms with Gasteiger partial charge in [-0.15, -0.1) is 0 Å². The minimum absolute atomic E-state index is 0.148. The summed E-state index contributed by atoms with van der Waals surface area (Å²) < 4.78 is 5.33. The molecule has 1 heterocycles. The van der Waals surface area contributed by atoms with Crippen molar-refractivity contribution >= 4 is 23.0 Å². The van der Waals surface area contributed by atoms with Gasteiger partial charge in [-0.3, -0.25) is 5.43 Å². The van der Waals surface area contributed by atoms with E-state index in [2.05, 4.69) is 10.4 Å². The molecule has 3 rings (SSSR count). The van der Waals surface area contributed by atoms with Crippen molar-refractivity contribution in [2.24, 2.45) is 0 Å². The number of benzene rings is 2. The first-order valence-corrected chi connectivity index (χ1v) is 9.79. The number of carbonyl (C=O) groups excluding carboxylic acids is 2. The fourth-order valence-corrected chi connectivity index (χ4v) is 3.26. The Labute approximate surface area is 175 Å². The molecule has 3 aromatic rings. The van der Waals surface area contributed by atoms with Crippen molar-refractivity contribution in [3.63, 3.8) is 0 Å². The second-order valence-electron chi connectivity index (χ2n) is 8.13. The highest BCUT2D eigenvalue weighted by molar-refractivity contribution is 5.84. The number of hydrogen-bond donors (Lipinski definition) is 2. The summed E-state index contributed by atoms with van der Waals surface area (Å²) in [6.07, 6.45) is 1.22. The normalized spacial score (nSPS) is 12.7. The van der Waals surface area contributed by atoms with Crippen LogP contribution in [-0.2, 0) is 22.5 Å². The van der Waals surface area contributed by atoms with E-state index in [4.69, 9.17) is 4.74 Å². The summed E-state index contributed by atoms with van der Waals surface area (Å²) in [5, 5.41) is 14.4. The third kappa shape index (κ3) is 5.61. The number of hydrogen-bond acceptors (Lipinski definition) is 5. The number of fused-ring (bicyclic) bond motifs is 1. The molecule has 0 aliphatic heterocycles. The van der Waals surface area contributed by atoms with E-state index in [0.29, 0.717) is 0 Å². The topological polar surface area (TPSA) is 97.5 Å². The number of amides is 1. The Hall–Kier alpha value is -3.32. The first-order chi connectivity index (χ1) is 14.2. The van der Waals surface area contributed by atoms with E-state index in [9.17, 15) is 14.7 Å². The highest BCUT2D eigenvalue weighted by atomic mass is 16.6. The molecule has 0 aliphatic carbocycles. The van der Waals surface area contributed by atoms with E-state index in [1.54, 1.807) is 27.0 Å². The average Bonchev–Trinajstić information content (AvgIpc) is 3.08. The maximum Gasteiger partial charge on any atom is 0.422 e. The average molecular weight is 408 g/mol. The quantitative estimate of drug-likeness (QED) is 0.586. The minimum Gasteiger partial charge on any atom is -0.548 e. The number of rotatable bonds is 7. The molecule has 0 unspecified atom stereocenters. The molecule has 7 nitrogen and oxygen atoms in total. The van der Waals surface area contributed by atoms with Crippen molar-refractivity contribution in [1.29, 1.82) is 0 Å². The number of nitrogens with one attached hydrogen (secondary N) is 2. The molecule has 0 radical (unpaired) electrons. The van der Waals surface area contributed by atoms with Crippen LogP contribution in [0.3, 0.4) is 0 Å². The Balaban J connectivity index is 1.88. The van der Waals surface area contributed by atoms with Crippen molar-refractivity contribution in [2.75, 3.05) is 0 Å². The number of aromatic amines is 1. The lowest BCUT2D eigenvalue weighted by molar-refractivity contribution is -0.312. The first-order valence-electron chi connectivity index (χ1n) is 9.79. The van der Waals surface area contributed by atoms with Gasteiger partial charge in [-0.1, -0.05) is 48.5 Å². The number of hydrazine groups is 1. The third-order valence-electron chi connectivity index (χ3n) is 4.57. The smallest absolute Gasteiger partial charge is 0.422 e. The number of carboxylic acid groups (broad SMARTS) is 1. The highest BCUT2D eigenvalue weighted by Crippen LogP contribution is 2.21. The van der Waals surface area contributed by atoms with Crippen LogP contribution in [-0.4, -0.2) is 33.7 Å². The molecule has 1 atom stereocenters. The van der Waals surface area contributed by atoms with Crippen LogP contribution in [0.1, 0.15) is 31.9 Å². The minimum atomic E-state index is -1.28. The van der Waals surface area contributed by atoms with Gasteiger partial charge in [-0.25, -0.2) is 9.80 Å². The van der Waals surface area contributed by atoms with E-state index >= 15 is 0 Å².